The Kier molecular flexibility index (Phi) is 4.94. The highest BCUT2D eigenvalue weighted by atomic mass is 19.1. The molecule has 1 heterocycles. The first-order chi connectivity index (χ1) is 10.0. The number of hydrogen-bond donors (Lipinski definition) is 0. The zero-order valence-electron chi connectivity index (χ0n) is 12.4. The van der Waals surface area contributed by atoms with Crippen molar-refractivity contribution in [3.05, 3.63) is 35.1 Å². The van der Waals surface area contributed by atoms with Crippen molar-refractivity contribution in [1.82, 2.24) is 4.90 Å². The van der Waals surface area contributed by atoms with Gasteiger partial charge in [0.25, 0.3) is 5.91 Å². The molecule has 0 spiro atoms. The number of nitrogens with zero attached hydrogens (tertiary/aromatic N) is 1. The number of aryl methyl sites for hydroxylation is 1. The largest absolute Gasteiger partial charge is 0.466 e. The van der Waals surface area contributed by atoms with E-state index in [9.17, 15) is 14.0 Å². The first-order valence-corrected chi connectivity index (χ1v) is 7.25. The van der Waals surface area contributed by atoms with Crippen molar-refractivity contribution >= 4 is 11.9 Å². The van der Waals surface area contributed by atoms with Crippen LogP contribution in [-0.4, -0.2) is 36.5 Å². The van der Waals surface area contributed by atoms with Crippen molar-refractivity contribution in [2.75, 3.05) is 19.7 Å². The highest BCUT2D eigenvalue weighted by Gasteiger charge is 2.30. The average molecular weight is 293 g/mol. The number of ether oxygens (including phenoxy) is 1. The minimum atomic E-state index is -0.355. The van der Waals surface area contributed by atoms with Gasteiger partial charge in [-0.15, -0.1) is 0 Å². The average Bonchev–Trinajstić information content (AvgIpc) is 2.47. The summed E-state index contributed by atoms with van der Waals surface area (Å²) in [6.45, 7) is 4.81. The fourth-order valence-corrected chi connectivity index (χ4v) is 2.65. The van der Waals surface area contributed by atoms with Gasteiger partial charge in [0.1, 0.15) is 5.82 Å². The van der Waals surface area contributed by atoms with Crippen LogP contribution in [0.4, 0.5) is 4.39 Å². The molecule has 1 fully saturated rings. The molecule has 5 heteroatoms. The number of rotatable bonds is 3. The topological polar surface area (TPSA) is 46.6 Å². The molecule has 1 aliphatic rings. The lowest BCUT2D eigenvalue weighted by molar-refractivity contribution is -0.149. The zero-order valence-corrected chi connectivity index (χ0v) is 12.4. The van der Waals surface area contributed by atoms with Crippen molar-refractivity contribution in [3.63, 3.8) is 0 Å². The number of carbonyl (C=O) groups excluding carboxylic acids is 2. The minimum Gasteiger partial charge on any atom is -0.466 e. The Labute approximate surface area is 123 Å². The van der Waals surface area contributed by atoms with Gasteiger partial charge in [-0.3, -0.25) is 9.59 Å². The van der Waals surface area contributed by atoms with E-state index >= 15 is 0 Å². The minimum absolute atomic E-state index is 0.151. The van der Waals surface area contributed by atoms with E-state index in [1.807, 2.05) is 0 Å². The summed E-state index contributed by atoms with van der Waals surface area (Å²) in [7, 11) is 0. The number of halogens is 1. The number of likely N-dealkylation sites (tertiary alicyclic amines) is 1. The van der Waals surface area contributed by atoms with Crippen molar-refractivity contribution in [1.29, 1.82) is 0 Å². The predicted octanol–water partition coefficient (Wildman–Crippen LogP) is 2.55. The third-order valence-corrected chi connectivity index (χ3v) is 3.75. The van der Waals surface area contributed by atoms with Gasteiger partial charge in [0.2, 0.25) is 0 Å². The second kappa shape index (κ2) is 6.70. The molecule has 1 aliphatic heterocycles. The van der Waals surface area contributed by atoms with Crippen LogP contribution >= 0.6 is 0 Å². The molecule has 4 nitrogen and oxygen atoms in total. The van der Waals surface area contributed by atoms with Crippen LogP contribution in [0.1, 0.15) is 35.7 Å². The highest BCUT2D eigenvalue weighted by molar-refractivity contribution is 5.96. The molecule has 0 radical (unpaired) electrons. The monoisotopic (exact) mass is 293 g/mol. The SMILES string of the molecule is CCOC(=O)[C@H]1CCCN(C(=O)c2ccc(F)cc2C)C1. The van der Waals surface area contributed by atoms with Crippen molar-refractivity contribution in [3.8, 4) is 0 Å². The Morgan fingerprint density at radius 1 is 1.43 bits per heavy atom. The molecule has 0 unspecified atom stereocenters. The Morgan fingerprint density at radius 3 is 2.86 bits per heavy atom. The molecule has 21 heavy (non-hydrogen) atoms. The van der Waals surface area contributed by atoms with E-state index in [-0.39, 0.29) is 23.6 Å². The van der Waals surface area contributed by atoms with Gasteiger partial charge < -0.3 is 9.64 Å². The van der Waals surface area contributed by atoms with Gasteiger partial charge in [0.15, 0.2) is 0 Å². The second-order valence-electron chi connectivity index (χ2n) is 5.30. The Bertz CT molecular complexity index is 544. The third kappa shape index (κ3) is 3.60. The van der Waals surface area contributed by atoms with E-state index in [4.69, 9.17) is 4.74 Å². The Balaban J connectivity index is 2.10. The van der Waals surface area contributed by atoms with Gasteiger partial charge in [-0.25, -0.2) is 4.39 Å². The molecular formula is C16H20FNO3. The van der Waals surface area contributed by atoms with Crippen molar-refractivity contribution in [2.45, 2.75) is 26.7 Å². The fourth-order valence-electron chi connectivity index (χ4n) is 2.65. The summed E-state index contributed by atoms with van der Waals surface area (Å²) in [6.07, 6.45) is 1.51. The number of carbonyl (C=O) groups is 2. The van der Waals surface area contributed by atoms with Crippen molar-refractivity contribution in [2.24, 2.45) is 5.92 Å². The number of benzene rings is 1. The van der Waals surface area contributed by atoms with Gasteiger partial charge in [-0.05, 0) is 50.5 Å². The molecule has 2 rings (SSSR count). The van der Waals surface area contributed by atoms with Gasteiger partial charge in [0.05, 0.1) is 12.5 Å². The first kappa shape index (κ1) is 15.5. The summed E-state index contributed by atoms with van der Waals surface area (Å²) >= 11 is 0. The standard InChI is InChI=1S/C16H20FNO3/c1-3-21-16(20)12-5-4-8-18(10-12)15(19)14-7-6-13(17)9-11(14)2/h6-7,9,12H,3-5,8,10H2,1-2H3/t12-/m0/s1. The maximum absolute atomic E-state index is 13.1. The molecule has 0 aromatic heterocycles. The predicted molar refractivity (Wildman–Crippen MR) is 76.4 cm³/mol. The molecule has 0 N–H and O–H groups in total. The highest BCUT2D eigenvalue weighted by Crippen LogP contribution is 2.21. The summed E-state index contributed by atoms with van der Waals surface area (Å²) in [6, 6.07) is 4.13. The summed E-state index contributed by atoms with van der Waals surface area (Å²) < 4.78 is 18.1. The molecule has 1 aromatic carbocycles. The van der Waals surface area contributed by atoms with E-state index in [1.54, 1.807) is 18.7 Å². The third-order valence-electron chi connectivity index (χ3n) is 3.75. The molecule has 1 aromatic rings. The number of amides is 1. The van der Waals surface area contributed by atoms with Crippen molar-refractivity contribution < 1.29 is 18.7 Å². The Morgan fingerprint density at radius 2 is 2.19 bits per heavy atom. The van der Waals surface area contributed by atoms with E-state index in [0.717, 1.165) is 12.8 Å². The lowest BCUT2D eigenvalue weighted by atomic mass is 9.97. The number of piperidine rings is 1. The van der Waals surface area contributed by atoms with Crippen LogP contribution < -0.4 is 0 Å². The van der Waals surface area contributed by atoms with E-state index in [0.29, 0.717) is 30.8 Å². The smallest absolute Gasteiger partial charge is 0.310 e. The van der Waals surface area contributed by atoms with Crippen LogP contribution in [0.5, 0.6) is 0 Å². The quantitative estimate of drug-likeness (QED) is 0.805. The zero-order chi connectivity index (χ0) is 15.4. The summed E-state index contributed by atoms with van der Waals surface area (Å²) in [5.74, 6) is -1.01. The first-order valence-electron chi connectivity index (χ1n) is 7.25. The van der Waals surface area contributed by atoms with E-state index < -0.39 is 0 Å². The van der Waals surface area contributed by atoms with Gasteiger partial charge in [-0.2, -0.15) is 0 Å². The molecule has 1 atom stereocenters. The second-order valence-corrected chi connectivity index (χ2v) is 5.30. The summed E-state index contributed by atoms with van der Waals surface area (Å²) in [4.78, 5) is 26.0. The normalized spacial score (nSPS) is 18.4. The van der Waals surface area contributed by atoms with Crippen LogP contribution in [0.15, 0.2) is 18.2 Å². The maximum Gasteiger partial charge on any atom is 0.310 e. The molecule has 1 saturated heterocycles. The van der Waals surface area contributed by atoms with Gasteiger partial charge in [-0.1, -0.05) is 0 Å². The van der Waals surface area contributed by atoms with Crippen LogP contribution in [0, 0.1) is 18.7 Å². The Hall–Kier alpha value is -1.91. The van der Waals surface area contributed by atoms with E-state index in [1.165, 1.54) is 18.2 Å². The van der Waals surface area contributed by atoms with Crippen LogP contribution in [-0.2, 0) is 9.53 Å². The molecular weight excluding hydrogens is 273 g/mol. The lowest BCUT2D eigenvalue weighted by Crippen LogP contribution is -2.43. The summed E-state index contributed by atoms with van der Waals surface area (Å²) in [5.41, 5.74) is 1.10. The summed E-state index contributed by atoms with van der Waals surface area (Å²) in [5, 5.41) is 0. The molecule has 0 saturated carbocycles. The van der Waals surface area contributed by atoms with Gasteiger partial charge >= 0.3 is 5.97 Å². The number of hydrogen-bond acceptors (Lipinski definition) is 3. The fraction of sp³-hybridized carbons (Fsp3) is 0.500. The van der Waals surface area contributed by atoms with Gasteiger partial charge in [0, 0.05) is 18.7 Å². The molecule has 0 bridgehead atoms. The van der Waals surface area contributed by atoms with Crippen LogP contribution in [0.25, 0.3) is 0 Å². The van der Waals surface area contributed by atoms with Crippen LogP contribution in [0.3, 0.4) is 0 Å². The maximum atomic E-state index is 13.1. The molecule has 114 valence electrons. The van der Waals surface area contributed by atoms with E-state index in [2.05, 4.69) is 0 Å². The lowest BCUT2D eigenvalue weighted by Gasteiger charge is -2.32. The molecule has 1 amide bonds. The molecule has 0 aliphatic carbocycles. The van der Waals surface area contributed by atoms with Crippen LogP contribution in [0.2, 0.25) is 0 Å². The number of esters is 1.